The molecule has 7 aliphatic rings. The second kappa shape index (κ2) is 11.0. The maximum atomic E-state index is 13.8. The van der Waals surface area contributed by atoms with Gasteiger partial charge in [-0.1, -0.05) is 45.3 Å². The highest BCUT2D eigenvalue weighted by atomic mass is 16.5. The number of rotatable bonds is 9. The van der Waals surface area contributed by atoms with Crippen LogP contribution in [0.25, 0.3) is 0 Å². The van der Waals surface area contributed by atoms with Crippen LogP contribution in [0.15, 0.2) is 11.6 Å². The number of nitrogens with zero attached hydrogens (tertiary/aromatic N) is 2. The van der Waals surface area contributed by atoms with E-state index in [1.807, 2.05) is 0 Å². The van der Waals surface area contributed by atoms with E-state index in [1.165, 1.54) is 58.2 Å². The van der Waals surface area contributed by atoms with Crippen LogP contribution < -0.4 is 0 Å². The predicted octanol–water partition coefficient (Wildman–Crippen LogP) is 6.05. The fourth-order valence-corrected chi connectivity index (χ4v) is 12.4. The minimum absolute atomic E-state index is 0.0752. The van der Waals surface area contributed by atoms with Gasteiger partial charge in [0, 0.05) is 12.0 Å². The molecule has 4 bridgehead atoms. The fraction of sp³-hybridized carbons (Fsp3) is 0.889. The molecule has 234 valence electrons. The monoisotopic (exact) mass is 580 g/mol. The van der Waals surface area contributed by atoms with E-state index < -0.39 is 22.2 Å². The molecule has 6 unspecified atom stereocenters. The van der Waals surface area contributed by atoms with E-state index in [-0.39, 0.29) is 30.0 Å². The number of likely N-dealkylation sites (tertiary alicyclic amines) is 2. The van der Waals surface area contributed by atoms with Gasteiger partial charge in [0.25, 0.3) is 0 Å². The third-order valence-electron chi connectivity index (χ3n) is 14.2. The first-order valence-electron chi connectivity index (χ1n) is 17.8. The number of ether oxygens (including phenoxy) is 1. The maximum absolute atomic E-state index is 13.8. The third-order valence-corrected chi connectivity index (χ3v) is 14.2. The lowest BCUT2D eigenvalue weighted by molar-refractivity contribution is -0.197. The highest BCUT2D eigenvalue weighted by Crippen LogP contribution is 2.84. The van der Waals surface area contributed by atoms with Gasteiger partial charge in [-0.25, -0.2) is 0 Å². The Morgan fingerprint density at radius 2 is 1.79 bits per heavy atom. The molecule has 3 saturated heterocycles. The SMILES string of the molecule is CC(C)C1=CC2CC3(C=O)[C@@H]4CC[C@@H](C)[C@H]4CC2(C2CCC(CN4CCC(CCN5CCCCC5)CC4)O2)C13C(=O)O. The van der Waals surface area contributed by atoms with E-state index >= 15 is 0 Å². The van der Waals surface area contributed by atoms with Gasteiger partial charge in [-0.2, -0.15) is 0 Å². The second-order valence-electron chi connectivity index (χ2n) is 16.1. The van der Waals surface area contributed by atoms with Crippen LogP contribution >= 0.6 is 0 Å². The van der Waals surface area contributed by atoms with Crippen LogP contribution in [0.1, 0.15) is 97.8 Å². The Morgan fingerprint density at radius 1 is 1.02 bits per heavy atom. The smallest absolute Gasteiger partial charge is 0.315 e. The van der Waals surface area contributed by atoms with Gasteiger partial charge in [0.05, 0.1) is 17.6 Å². The van der Waals surface area contributed by atoms with Crippen molar-refractivity contribution < 1.29 is 19.4 Å². The normalized spacial score (nSPS) is 45.9. The molecule has 3 heterocycles. The molecule has 6 fully saturated rings. The third kappa shape index (κ3) is 4.05. The highest BCUT2D eigenvalue weighted by molar-refractivity contribution is 5.90. The van der Waals surface area contributed by atoms with Gasteiger partial charge in [-0.05, 0) is 132 Å². The minimum Gasteiger partial charge on any atom is -0.481 e. The molecule has 7 rings (SSSR count). The molecule has 3 aliphatic heterocycles. The van der Waals surface area contributed by atoms with Crippen LogP contribution in [0.4, 0.5) is 0 Å². The summed E-state index contributed by atoms with van der Waals surface area (Å²) in [5.74, 6) is 1.53. The summed E-state index contributed by atoms with van der Waals surface area (Å²) < 4.78 is 7.07. The topological polar surface area (TPSA) is 70.1 Å². The van der Waals surface area contributed by atoms with Crippen LogP contribution in [0.5, 0.6) is 0 Å². The van der Waals surface area contributed by atoms with Crippen molar-refractivity contribution in [3.8, 4) is 0 Å². The van der Waals surface area contributed by atoms with Gasteiger partial charge in [0.2, 0.25) is 0 Å². The van der Waals surface area contributed by atoms with Gasteiger partial charge < -0.3 is 24.4 Å². The molecule has 3 saturated carbocycles. The number of carbonyl (C=O) groups is 2. The van der Waals surface area contributed by atoms with Crippen LogP contribution in [0, 0.1) is 51.8 Å². The molecule has 6 nitrogen and oxygen atoms in total. The summed E-state index contributed by atoms with van der Waals surface area (Å²) in [5.41, 5.74) is -1.36. The molecular weight excluding hydrogens is 524 g/mol. The van der Waals surface area contributed by atoms with Gasteiger partial charge >= 0.3 is 5.97 Å². The zero-order valence-corrected chi connectivity index (χ0v) is 26.6. The lowest BCUT2D eigenvalue weighted by atomic mass is 9.41. The quantitative estimate of drug-likeness (QED) is 0.265. The number of piperidine rings is 2. The van der Waals surface area contributed by atoms with Crippen molar-refractivity contribution in [2.45, 2.75) is 110 Å². The first-order chi connectivity index (χ1) is 20.3. The number of aliphatic carboxylic acids is 1. The standard InChI is InChI=1S/C36H56N2O4/c1-24(2)31-19-27-20-34(23-39)30-9-7-25(3)29(30)21-35(27,36(31,34)33(40)41)32-10-8-28(42-32)22-38-17-12-26(13-18-38)11-16-37-14-5-4-6-15-37/h19,23-30,32H,4-18,20-22H2,1-3H3,(H,40,41)/t25-,27?,28?,29-,30-,32?,34?,35?,36?/m1/s1. The van der Waals surface area contributed by atoms with Crippen molar-refractivity contribution >= 4 is 12.3 Å². The molecule has 1 N–H and O–H groups in total. The predicted molar refractivity (Wildman–Crippen MR) is 164 cm³/mol. The fourth-order valence-electron chi connectivity index (χ4n) is 12.4. The molecule has 0 aromatic carbocycles. The van der Waals surface area contributed by atoms with Crippen molar-refractivity contribution in [3.63, 3.8) is 0 Å². The molecule has 0 amide bonds. The lowest BCUT2D eigenvalue weighted by Crippen LogP contribution is -2.65. The first-order valence-corrected chi connectivity index (χ1v) is 17.8. The lowest BCUT2D eigenvalue weighted by Gasteiger charge is -2.60. The Kier molecular flexibility index (Phi) is 7.70. The summed E-state index contributed by atoms with van der Waals surface area (Å²) >= 11 is 0. The Hall–Kier alpha value is -1.24. The number of carbonyl (C=O) groups excluding carboxylic acids is 1. The average Bonchev–Trinajstić information content (AvgIpc) is 3.72. The van der Waals surface area contributed by atoms with Crippen molar-refractivity contribution in [1.29, 1.82) is 0 Å². The molecule has 42 heavy (non-hydrogen) atoms. The number of fused-ring (bicyclic) bond motifs is 2. The highest BCUT2D eigenvalue weighted by Gasteiger charge is 2.86. The van der Waals surface area contributed by atoms with Crippen molar-refractivity contribution in [2.75, 3.05) is 39.3 Å². The maximum Gasteiger partial charge on any atom is 0.315 e. The molecule has 4 aliphatic carbocycles. The van der Waals surface area contributed by atoms with Gasteiger partial charge in [0.1, 0.15) is 11.7 Å². The minimum atomic E-state index is -1.11. The largest absolute Gasteiger partial charge is 0.481 e. The summed E-state index contributed by atoms with van der Waals surface area (Å²) in [7, 11) is 0. The number of hydrogen-bond acceptors (Lipinski definition) is 5. The summed E-state index contributed by atoms with van der Waals surface area (Å²) in [5, 5.41) is 11.3. The Balaban J connectivity index is 1.07. The van der Waals surface area contributed by atoms with Crippen molar-refractivity contribution in [2.24, 2.45) is 51.8 Å². The molecule has 0 radical (unpaired) electrons. The number of carboxylic acid groups (broad SMARTS) is 1. The van der Waals surface area contributed by atoms with E-state index in [0.29, 0.717) is 18.3 Å². The summed E-state index contributed by atoms with van der Waals surface area (Å²) in [6, 6.07) is 0. The molecule has 0 aromatic rings. The van der Waals surface area contributed by atoms with E-state index in [0.717, 1.165) is 69.5 Å². The van der Waals surface area contributed by atoms with Gasteiger partial charge in [-0.15, -0.1) is 0 Å². The molecule has 0 spiro atoms. The Morgan fingerprint density at radius 3 is 2.48 bits per heavy atom. The number of hydrogen-bond donors (Lipinski definition) is 1. The average molecular weight is 581 g/mol. The zero-order chi connectivity index (χ0) is 29.3. The van der Waals surface area contributed by atoms with Crippen LogP contribution in [0.3, 0.4) is 0 Å². The Bertz CT molecular complexity index is 1080. The molecule has 0 aromatic heterocycles. The van der Waals surface area contributed by atoms with Gasteiger partial charge in [-0.3, -0.25) is 4.79 Å². The van der Waals surface area contributed by atoms with Crippen LogP contribution in [-0.2, 0) is 14.3 Å². The first kappa shape index (κ1) is 29.5. The number of allylic oxidation sites excluding steroid dienone is 1. The molecular formula is C36H56N2O4. The second-order valence-corrected chi connectivity index (χ2v) is 16.1. The van der Waals surface area contributed by atoms with E-state index in [4.69, 9.17) is 4.74 Å². The number of aldehydes is 1. The number of carboxylic acids is 1. The van der Waals surface area contributed by atoms with E-state index in [2.05, 4.69) is 36.6 Å². The summed E-state index contributed by atoms with van der Waals surface area (Å²) in [6.07, 6.45) is 17.4. The summed E-state index contributed by atoms with van der Waals surface area (Å²) in [4.78, 5) is 32.5. The van der Waals surface area contributed by atoms with Crippen molar-refractivity contribution in [1.82, 2.24) is 9.80 Å². The van der Waals surface area contributed by atoms with E-state index in [9.17, 15) is 14.7 Å². The van der Waals surface area contributed by atoms with Crippen molar-refractivity contribution in [3.05, 3.63) is 11.6 Å². The Labute approximate surface area is 254 Å². The molecule has 6 heteroatoms. The molecule has 9 atom stereocenters. The zero-order valence-electron chi connectivity index (χ0n) is 26.6. The van der Waals surface area contributed by atoms with Crippen LogP contribution in [0.2, 0.25) is 0 Å². The van der Waals surface area contributed by atoms with Crippen LogP contribution in [-0.4, -0.2) is 78.6 Å². The van der Waals surface area contributed by atoms with Gasteiger partial charge in [0.15, 0.2) is 0 Å². The van der Waals surface area contributed by atoms with E-state index in [1.54, 1.807) is 0 Å². The summed E-state index contributed by atoms with van der Waals surface area (Å²) in [6.45, 7) is 13.8.